The molecule has 0 amide bonds. The molecule has 0 N–H and O–H groups in total. The van der Waals surface area contributed by atoms with Crippen molar-refractivity contribution >= 4 is 34.9 Å². The van der Waals surface area contributed by atoms with Crippen molar-refractivity contribution in [2.45, 2.75) is 26.9 Å². The predicted octanol–water partition coefficient (Wildman–Crippen LogP) is 2.97. The summed E-state index contributed by atoms with van der Waals surface area (Å²) >= 11 is 10.5. The van der Waals surface area contributed by atoms with Gasteiger partial charge < -0.3 is 13.8 Å². The molecule has 7 heteroatoms. The third-order valence-corrected chi connectivity index (χ3v) is 3.38. The number of hydrogen-bond donors (Lipinski definition) is 0. The molecule has 1 atom stereocenters. The highest BCUT2D eigenvalue weighted by Crippen LogP contribution is 2.54. The van der Waals surface area contributed by atoms with E-state index in [-0.39, 0.29) is 11.9 Å². The average molecular weight is 273 g/mol. The quantitative estimate of drug-likeness (QED) is 0.333. The summed E-state index contributed by atoms with van der Waals surface area (Å²) in [7, 11) is 1.35. The van der Waals surface area contributed by atoms with E-state index in [4.69, 9.17) is 36.8 Å². The van der Waals surface area contributed by atoms with Crippen LogP contribution in [0.2, 0.25) is 0 Å². The number of halogens is 1. The van der Waals surface area contributed by atoms with Crippen molar-refractivity contribution in [1.29, 1.82) is 0 Å². The summed E-state index contributed by atoms with van der Waals surface area (Å²) < 4.78 is 14.7. The van der Waals surface area contributed by atoms with Crippen LogP contribution in [0.15, 0.2) is 11.8 Å². The first-order valence-electron chi connectivity index (χ1n) is 4.21. The Morgan fingerprint density at radius 1 is 1.53 bits per heavy atom. The molecule has 0 aliphatic carbocycles. The zero-order valence-electron chi connectivity index (χ0n) is 9.02. The minimum atomic E-state index is -2.79. The van der Waals surface area contributed by atoms with E-state index in [1.54, 1.807) is 20.8 Å². The third-order valence-electron chi connectivity index (χ3n) is 1.14. The predicted molar refractivity (Wildman–Crippen MR) is 63.2 cm³/mol. The summed E-state index contributed by atoms with van der Waals surface area (Å²) in [6, 6.07) is 0. The smallest absolute Gasteiger partial charge is 0.334 e. The first-order chi connectivity index (χ1) is 6.76. The fourth-order valence-electron chi connectivity index (χ4n) is 0.668. The molecule has 0 aromatic carbocycles. The van der Waals surface area contributed by atoms with E-state index in [0.29, 0.717) is 0 Å². The molecule has 0 heterocycles. The number of ether oxygens (including phenoxy) is 1. The standard InChI is InChI=1S/C8H14ClO4PS/c1-6(2)12-8(10)5-7(3)13-14(9,15)11-4/h5-6H,1-4H3. The van der Waals surface area contributed by atoms with Gasteiger partial charge in [0, 0.05) is 7.11 Å². The average Bonchev–Trinajstić information content (AvgIpc) is 2.00. The first kappa shape index (κ1) is 14.9. The summed E-state index contributed by atoms with van der Waals surface area (Å²) in [5.74, 6) is -3.01. The van der Waals surface area contributed by atoms with Gasteiger partial charge in [-0.1, -0.05) is 0 Å². The van der Waals surface area contributed by atoms with Crippen molar-refractivity contribution in [2.75, 3.05) is 7.11 Å². The molecule has 0 fully saturated rings. The molecule has 0 rings (SSSR count). The van der Waals surface area contributed by atoms with Crippen molar-refractivity contribution in [3.05, 3.63) is 11.8 Å². The van der Waals surface area contributed by atoms with Gasteiger partial charge in [-0.15, -0.1) is 0 Å². The van der Waals surface area contributed by atoms with E-state index in [2.05, 4.69) is 0 Å². The fraction of sp³-hybridized carbons (Fsp3) is 0.625. The second-order valence-electron chi connectivity index (χ2n) is 2.95. The summed E-state index contributed by atoms with van der Waals surface area (Å²) in [5.41, 5.74) is 0. The van der Waals surface area contributed by atoms with Gasteiger partial charge in [0.2, 0.25) is 0 Å². The third kappa shape index (κ3) is 7.79. The van der Waals surface area contributed by atoms with Gasteiger partial charge in [-0.25, -0.2) is 4.79 Å². The molecule has 88 valence electrons. The Bertz CT molecular complexity index is 303. The minimum Gasteiger partial charge on any atom is -0.460 e. The summed E-state index contributed by atoms with van der Waals surface area (Å²) in [4.78, 5) is 11.2. The molecular formula is C8H14ClO4PS. The van der Waals surface area contributed by atoms with E-state index in [9.17, 15) is 4.79 Å². The Hall–Kier alpha value is -0.0900. The Labute approximate surface area is 99.5 Å². The van der Waals surface area contributed by atoms with Crippen LogP contribution in [0.1, 0.15) is 20.8 Å². The molecule has 0 aromatic rings. The Balaban J connectivity index is 4.32. The van der Waals surface area contributed by atoms with Crippen molar-refractivity contribution in [1.82, 2.24) is 0 Å². The molecule has 0 spiro atoms. The van der Waals surface area contributed by atoms with Crippen LogP contribution < -0.4 is 0 Å². The zero-order chi connectivity index (χ0) is 12.1. The van der Waals surface area contributed by atoms with Crippen LogP contribution >= 0.6 is 17.1 Å². The number of esters is 1. The lowest BCUT2D eigenvalue weighted by atomic mass is 10.4. The van der Waals surface area contributed by atoms with Crippen LogP contribution in [-0.4, -0.2) is 19.2 Å². The fourth-order valence-corrected chi connectivity index (χ4v) is 1.82. The van der Waals surface area contributed by atoms with Crippen LogP contribution in [0.3, 0.4) is 0 Å². The molecule has 0 saturated carbocycles. The van der Waals surface area contributed by atoms with E-state index >= 15 is 0 Å². The highest BCUT2D eigenvalue weighted by molar-refractivity contribution is 8.22. The van der Waals surface area contributed by atoms with Gasteiger partial charge in [-0.05, 0) is 43.8 Å². The molecule has 1 unspecified atom stereocenters. The molecule has 0 aliphatic rings. The second-order valence-corrected chi connectivity index (χ2v) is 7.73. The van der Waals surface area contributed by atoms with E-state index in [0.717, 1.165) is 0 Å². The maximum absolute atomic E-state index is 11.2. The summed E-state index contributed by atoms with van der Waals surface area (Å²) in [6.07, 6.45) is 1.01. The second kappa shape index (κ2) is 6.48. The molecule has 4 nitrogen and oxygen atoms in total. The molecular weight excluding hydrogens is 259 g/mol. The highest BCUT2D eigenvalue weighted by atomic mass is 35.7. The monoisotopic (exact) mass is 272 g/mol. The highest BCUT2D eigenvalue weighted by Gasteiger charge is 2.14. The minimum absolute atomic E-state index is 0.178. The topological polar surface area (TPSA) is 44.8 Å². The Kier molecular flexibility index (Phi) is 6.44. The van der Waals surface area contributed by atoms with Crippen LogP contribution in [0.25, 0.3) is 0 Å². The number of allylic oxidation sites excluding steroid dienone is 1. The van der Waals surface area contributed by atoms with Gasteiger partial charge in [0.05, 0.1) is 12.2 Å². The van der Waals surface area contributed by atoms with Gasteiger partial charge in [0.1, 0.15) is 5.76 Å². The van der Waals surface area contributed by atoms with Gasteiger partial charge in [0.25, 0.3) is 0 Å². The van der Waals surface area contributed by atoms with E-state index in [1.807, 2.05) is 0 Å². The molecule has 0 aliphatic heterocycles. The maximum atomic E-state index is 11.2. The Morgan fingerprint density at radius 3 is 2.47 bits per heavy atom. The molecule has 0 bridgehead atoms. The number of carbonyl (C=O) groups excluding carboxylic acids is 1. The van der Waals surface area contributed by atoms with E-state index < -0.39 is 11.8 Å². The van der Waals surface area contributed by atoms with E-state index in [1.165, 1.54) is 13.2 Å². The molecule has 0 aromatic heterocycles. The summed E-state index contributed by atoms with van der Waals surface area (Å²) in [5, 5.41) is 0. The largest absolute Gasteiger partial charge is 0.460 e. The van der Waals surface area contributed by atoms with Gasteiger partial charge >= 0.3 is 11.8 Å². The molecule has 0 saturated heterocycles. The van der Waals surface area contributed by atoms with Gasteiger partial charge in [-0.2, -0.15) is 0 Å². The van der Waals surface area contributed by atoms with Crippen molar-refractivity contribution in [2.24, 2.45) is 0 Å². The van der Waals surface area contributed by atoms with Crippen molar-refractivity contribution < 1.29 is 18.6 Å². The van der Waals surface area contributed by atoms with Crippen LogP contribution in [0.4, 0.5) is 0 Å². The normalized spacial score (nSPS) is 16.0. The number of rotatable bonds is 5. The van der Waals surface area contributed by atoms with Crippen LogP contribution in [-0.2, 0) is 30.4 Å². The van der Waals surface area contributed by atoms with Crippen LogP contribution in [0.5, 0.6) is 0 Å². The number of hydrogen-bond acceptors (Lipinski definition) is 5. The summed E-state index contributed by atoms with van der Waals surface area (Å²) in [6.45, 7) is 5.07. The zero-order valence-corrected chi connectivity index (χ0v) is 11.5. The lowest BCUT2D eigenvalue weighted by Gasteiger charge is -2.13. The van der Waals surface area contributed by atoms with Crippen molar-refractivity contribution in [3.8, 4) is 0 Å². The lowest BCUT2D eigenvalue weighted by molar-refractivity contribution is -0.141. The first-order valence-corrected chi connectivity index (χ1v) is 7.75. The van der Waals surface area contributed by atoms with Crippen molar-refractivity contribution in [3.63, 3.8) is 0 Å². The number of carbonyl (C=O) groups is 1. The van der Waals surface area contributed by atoms with Gasteiger partial charge in [0.15, 0.2) is 0 Å². The molecule has 15 heavy (non-hydrogen) atoms. The maximum Gasteiger partial charge on any atom is 0.334 e. The Morgan fingerprint density at radius 2 is 2.07 bits per heavy atom. The lowest BCUT2D eigenvalue weighted by Crippen LogP contribution is -2.09. The SMILES string of the molecule is COP(=S)(Cl)OC(C)=CC(=O)OC(C)C. The molecule has 0 radical (unpaired) electrons. The van der Waals surface area contributed by atoms with Gasteiger partial charge in [-0.3, -0.25) is 0 Å². The van der Waals surface area contributed by atoms with Crippen LogP contribution in [0, 0.1) is 0 Å².